The van der Waals surface area contributed by atoms with Gasteiger partial charge in [-0.25, -0.2) is 18.4 Å². The number of nitrogens with zero attached hydrogens (tertiary/aromatic N) is 4. The third-order valence-corrected chi connectivity index (χ3v) is 8.88. The first-order valence-corrected chi connectivity index (χ1v) is 15.4. The molecule has 1 unspecified atom stereocenters. The first kappa shape index (κ1) is 30.2. The number of fused-ring (bicyclic) bond motifs is 1. The predicted octanol–water partition coefficient (Wildman–Crippen LogP) is 4.39. The van der Waals surface area contributed by atoms with E-state index in [-0.39, 0.29) is 36.0 Å². The molecule has 2 N–H and O–H groups in total. The van der Waals surface area contributed by atoms with Gasteiger partial charge in [0.05, 0.1) is 35.7 Å². The number of benzene rings is 3. The van der Waals surface area contributed by atoms with Gasteiger partial charge in [0, 0.05) is 49.4 Å². The van der Waals surface area contributed by atoms with Crippen molar-refractivity contribution in [3.05, 3.63) is 99.8 Å². The number of hydrogen-bond donors (Lipinski definition) is 2. The lowest BCUT2D eigenvalue weighted by Gasteiger charge is -2.37. The molecule has 2 saturated heterocycles. The number of halogens is 2. The molecule has 7 rings (SSSR count). The van der Waals surface area contributed by atoms with E-state index >= 15 is 8.78 Å². The molecule has 1 aliphatic carbocycles. The number of anilines is 3. The lowest BCUT2D eigenvalue weighted by Crippen LogP contribution is -2.47. The maximum atomic E-state index is 15.4. The third kappa shape index (κ3) is 5.84. The molecular weight excluding hydrogens is 612 g/mol. The van der Waals surface area contributed by atoms with Gasteiger partial charge in [0.2, 0.25) is 5.43 Å². The Labute approximate surface area is 267 Å². The van der Waals surface area contributed by atoms with Crippen LogP contribution in [0.2, 0.25) is 0 Å². The van der Waals surface area contributed by atoms with Crippen LogP contribution in [0, 0.1) is 11.6 Å². The molecule has 4 aromatic rings. The second-order valence-corrected chi connectivity index (χ2v) is 11.9. The summed E-state index contributed by atoms with van der Waals surface area (Å²) in [7, 11) is 0. The molecule has 1 aromatic heterocycles. The van der Waals surface area contributed by atoms with E-state index in [1.165, 1.54) is 17.2 Å². The number of carboxylic acid groups (broad SMARTS) is 1. The molecule has 0 spiro atoms. The van der Waals surface area contributed by atoms with E-state index in [0.29, 0.717) is 54.3 Å². The average Bonchev–Trinajstić information content (AvgIpc) is 3.85. The maximum Gasteiger partial charge on any atom is 0.414 e. The van der Waals surface area contributed by atoms with Crippen molar-refractivity contribution in [1.82, 2.24) is 9.88 Å². The van der Waals surface area contributed by atoms with Gasteiger partial charge in [-0.15, -0.1) is 0 Å². The summed E-state index contributed by atoms with van der Waals surface area (Å²) in [6.07, 6.45) is 1.81. The number of carbonyl (C=O) groups is 3. The first-order chi connectivity index (χ1) is 22.7. The SMILES string of the molecule is O=C(NCC1CN(c2ccc(N3CCN(c4cc5c(cc4F)c(=O)c(C(=O)O)cn5C4CC4)CC3)c(F)c2)C(=O)O1)c1ccccc1. The summed E-state index contributed by atoms with van der Waals surface area (Å²) in [6.45, 7) is 1.78. The molecule has 0 radical (unpaired) electrons. The number of amides is 2. The van der Waals surface area contributed by atoms with E-state index in [1.807, 2.05) is 15.9 Å². The van der Waals surface area contributed by atoms with Crippen LogP contribution < -0.4 is 25.4 Å². The van der Waals surface area contributed by atoms with Gasteiger partial charge in [-0.2, -0.15) is 0 Å². The fraction of sp³-hybridized carbons (Fsp3) is 0.294. The molecule has 2 aliphatic heterocycles. The number of nitrogens with one attached hydrogen (secondary N) is 1. The summed E-state index contributed by atoms with van der Waals surface area (Å²) in [5.74, 6) is -2.78. The van der Waals surface area contributed by atoms with Gasteiger partial charge in [0.15, 0.2) is 0 Å². The molecule has 3 aromatic carbocycles. The first-order valence-electron chi connectivity index (χ1n) is 15.4. The van der Waals surface area contributed by atoms with Gasteiger partial charge in [-0.1, -0.05) is 18.2 Å². The van der Waals surface area contributed by atoms with Crippen molar-refractivity contribution in [2.45, 2.75) is 25.0 Å². The van der Waals surface area contributed by atoms with Crippen LogP contribution in [0.25, 0.3) is 10.9 Å². The second kappa shape index (κ2) is 12.0. The second-order valence-electron chi connectivity index (χ2n) is 11.9. The average molecular weight is 644 g/mol. The minimum absolute atomic E-state index is 0.0315. The molecule has 1 saturated carbocycles. The van der Waals surface area contributed by atoms with Crippen LogP contribution in [0.1, 0.15) is 39.6 Å². The van der Waals surface area contributed by atoms with Gasteiger partial charge < -0.3 is 29.5 Å². The number of carboxylic acids is 1. The van der Waals surface area contributed by atoms with Crippen molar-refractivity contribution in [2.75, 3.05) is 54.0 Å². The van der Waals surface area contributed by atoms with Crippen LogP contribution in [-0.4, -0.2) is 73.0 Å². The predicted molar refractivity (Wildman–Crippen MR) is 171 cm³/mol. The number of aromatic carboxylic acids is 1. The monoisotopic (exact) mass is 643 g/mol. The highest BCUT2D eigenvalue weighted by Gasteiger charge is 2.34. The topological polar surface area (TPSA) is 124 Å². The van der Waals surface area contributed by atoms with Crippen LogP contribution in [0.3, 0.4) is 0 Å². The zero-order valence-corrected chi connectivity index (χ0v) is 25.2. The summed E-state index contributed by atoms with van der Waals surface area (Å²) in [6, 6.07) is 16.0. The number of cyclic esters (lactones) is 1. The van der Waals surface area contributed by atoms with Gasteiger partial charge in [0.25, 0.3) is 5.91 Å². The van der Waals surface area contributed by atoms with E-state index in [4.69, 9.17) is 4.74 Å². The molecule has 1 atom stereocenters. The zero-order chi connectivity index (χ0) is 32.8. The molecule has 0 bridgehead atoms. The quantitative estimate of drug-likeness (QED) is 0.290. The standard InChI is InChI=1S/C34H31F2N5O6/c35-26-14-22(41-18-23(47-34(41)46)17-37-32(43)20-4-2-1-3-5-20)8-9-28(26)38-10-12-39(13-11-38)30-16-29-24(15-27(30)36)31(42)25(33(44)45)19-40(29)21-6-7-21/h1-5,8-9,14-16,19,21,23H,6-7,10-13,17-18H2,(H,37,43)(H,44,45). The van der Waals surface area contributed by atoms with Crippen molar-refractivity contribution in [3.8, 4) is 0 Å². The summed E-state index contributed by atoms with van der Waals surface area (Å²) >= 11 is 0. The molecule has 3 fully saturated rings. The summed E-state index contributed by atoms with van der Waals surface area (Å²) in [5.41, 5.74) is 0.854. The van der Waals surface area contributed by atoms with E-state index in [9.17, 15) is 24.3 Å². The minimum Gasteiger partial charge on any atom is -0.477 e. The Kier molecular flexibility index (Phi) is 7.74. The van der Waals surface area contributed by atoms with Crippen molar-refractivity contribution in [1.29, 1.82) is 0 Å². The lowest BCUT2D eigenvalue weighted by molar-refractivity contribution is 0.0694. The number of ether oxygens (including phenoxy) is 1. The van der Waals surface area contributed by atoms with Crippen LogP contribution in [0.4, 0.5) is 30.6 Å². The number of rotatable bonds is 8. The normalized spacial score (nSPS) is 18.0. The Morgan fingerprint density at radius 1 is 0.894 bits per heavy atom. The van der Waals surface area contributed by atoms with Gasteiger partial charge in [-0.05, 0) is 55.3 Å². The highest BCUT2D eigenvalue weighted by atomic mass is 19.1. The molecular formula is C34H31F2N5O6. The Morgan fingerprint density at radius 2 is 1.57 bits per heavy atom. The van der Waals surface area contributed by atoms with E-state index in [1.54, 1.807) is 47.0 Å². The molecule has 3 aliphatic rings. The Hall–Kier alpha value is -5.46. The number of hydrogen-bond acceptors (Lipinski definition) is 7. The van der Waals surface area contributed by atoms with Gasteiger partial charge in [0.1, 0.15) is 23.3 Å². The van der Waals surface area contributed by atoms with Crippen LogP contribution >= 0.6 is 0 Å². The van der Waals surface area contributed by atoms with E-state index < -0.39 is 35.2 Å². The van der Waals surface area contributed by atoms with Crippen molar-refractivity contribution in [3.63, 3.8) is 0 Å². The third-order valence-electron chi connectivity index (χ3n) is 8.88. The molecule has 13 heteroatoms. The van der Waals surface area contributed by atoms with Crippen LogP contribution in [0.15, 0.2) is 71.7 Å². The molecule has 11 nitrogen and oxygen atoms in total. The highest BCUT2D eigenvalue weighted by Crippen LogP contribution is 2.38. The number of aromatic nitrogens is 1. The fourth-order valence-corrected chi connectivity index (χ4v) is 6.25. The maximum absolute atomic E-state index is 15.4. The highest BCUT2D eigenvalue weighted by molar-refractivity contribution is 5.95. The van der Waals surface area contributed by atoms with Crippen LogP contribution in [0.5, 0.6) is 0 Å². The Bertz CT molecular complexity index is 1960. The Morgan fingerprint density at radius 3 is 2.23 bits per heavy atom. The van der Waals surface area contributed by atoms with E-state index in [0.717, 1.165) is 18.9 Å². The lowest BCUT2D eigenvalue weighted by atomic mass is 10.1. The zero-order valence-electron chi connectivity index (χ0n) is 25.2. The number of pyridine rings is 1. The molecule has 242 valence electrons. The van der Waals surface area contributed by atoms with Crippen molar-refractivity contribution in [2.24, 2.45) is 0 Å². The number of piperazine rings is 1. The van der Waals surface area contributed by atoms with E-state index in [2.05, 4.69) is 5.32 Å². The summed E-state index contributed by atoms with van der Waals surface area (Å²) < 4.78 is 38.0. The smallest absolute Gasteiger partial charge is 0.414 e. The molecule has 2 amide bonds. The summed E-state index contributed by atoms with van der Waals surface area (Å²) in [4.78, 5) is 54.4. The van der Waals surface area contributed by atoms with Crippen molar-refractivity contribution >= 4 is 45.9 Å². The van der Waals surface area contributed by atoms with Gasteiger partial charge in [-0.3, -0.25) is 14.5 Å². The molecule has 47 heavy (non-hydrogen) atoms. The van der Waals surface area contributed by atoms with Crippen molar-refractivity contribution < 1.29 is 33.0 Å². The minimum atomic E-state index is -1.35. The fourth-order valence-electron chi connectivity index (χ4n) is 6.25. The van der Waals surface area contributed by atoms with Gasteiger partial charge >= 0.3 is 12.1 Å². The largest absolute Gasteiger partial charge is 0.477 e. The summed E-state index contributed by atoms with van der Waals surface area (Å²) in [5, 5.41) is 12.3. The Balaban J connectivity index is 1.02. The molecule has 3 heterocycles. The van der Waals surface area contributed by atoms with Crippen LogP contribution in [-0.2, 0) is 4.74 Å². The number of carbonyl (C=O) groups excluding carboxylic acids is 2.